The van der Waals surface area contributed by atoms with Crippen molar-refractivity contribution in [3.63, 3.8) is 0 Å². The molecule has 102 valence electrons. The number of benzene rings is 2. The number of nitriles is 1. The predicted molar refractivity (Wildman–Crippen MR) is 78.2 cm³/mol. The zero-order valence-electron chi connectivity index (χ0n) is 10.6. The highest BCUT2D eigenvalue weighted by Crippen LogP contribution is 2.22. The standard InChI is InChI=1S/C14H11ClN2O2S/c1-10-2-5-13(6-3-10)20(18,19)17-12-4-7-14(15)11(8-12)9-16/h2-8,17H,1H3. The maximum absolute atomic E-state index is 12.2. The minimum atomic E-state index is -3.67. The van der Waals surface area contributed by atoms with Gasteiger partial charge in [0.1, 0.15) is 6.07 Å². The van der Waals surface area contributed by atoms with E-state index in [2.05, 4.69) is 4.72 Å². The van der Waals surface area contributed by atoms with Crippen LogP contribution in [0.3, 0.4) is 0 Å². The molecule has 0 heterocycles. The molecule has 0 aliphatic heterocycles. The summed E-state index contributed by atoms with van der Waals surface area (Å²) in [4.78, 5) is 0.163. The van der Waals surface area contributed by atoms with Gasteiger partial charge in [-0.1, -0.05) is 29.3 Å². The molecule has 0 saturated heterocycles. The van der Waals surface area contributed by atoms with E-state index in [-0.39, 0.29) is 15.5 Å². The summed E-state index contributed by atoms with van der Waals surface area (Å²) in [6, 6.07) is 12.8. The topological polar surface area (TPSA) is 70.0 Å². The van der Waals surface area contributed by atoms with Crippen LogP contribution in [0.1, 0.15) is 11.1 Å². The van der Waals surface area contributed by atoms with Crippen LogP contribution in [0.4, 0.5) is 5.69 Å². The van der Waals surface area contributed by atoms with Crippen molar-refractivity contribution in [1.29, 1.82) is 5.26 Å². The first kappa shape index (κ1) is 14.4. The Labute approximate surface area is 122 Å². The van der Waals surface area contributed by atoms with Crippen molar-refractivity contribution < 1.29 is 8.42 Å². The van der Waals surface area contributed by atoms with Gasteiger partial charge in [0.2, 0.25) is 0 Å². The molecule has 1 N–H and O–H groups in total. The molecule has 2 rings (SSSR count). The smallest absolute Gasteiger partial charge is 0.261 e. The Hall–Kier alpha value is -2.03. The summed E-state index contributed by atoms with van der Waals surface area (Å²) in [7, 11) is -3.67. The summed E-state index contributed by atoms with van der Waals surface area (Å²) in [6.07, 6.45) is 0. The number of rotatable bonds is 3. The van der Waals surface area contributed by atoms with Gasteiger partial charge in [-0.15, -0.1) is 0 Å². The second-order valence-electron chi connectivity index (χ2n) is 4.22. The molecule has 0 spiro atoms. The van der Waals surface area contributed by atoms with Gasteiger partial charge in [0.15, 0.2) is 0 Å². The lowest BCUT2D eigenvalue weighted by Crippen LogP contribution is -2.13. The number of nitrogens with zero attached hydrogens (tertiary/aromatic N) is 1. The molecule has 0 atom stereocenters. The van der Waals surface area contributed by atoms with Gasteiger partial charge in [0.05, 0.1) is 21.2 Å². The van der Waals surface area contributed by atoms with Gasteiger partial charge >= 0.3 is 0 Å². The lowest BCUT2D eigenvalue weighted by atomic mass is 10.2. The Morgan fingerprint density at radius 2 is 1.80 bits per heavy atom. The van der Waals surface area contributed by atoms with Gasteiger partial charge in [0, 0.05) is 0 Å². The Morgan fingerprint density at radius 1 is 1.15 bits per heavy atom. The number of aryl methyl sites for hydroxylation is 1. The van der Waals surface area contributed by atoms with Gasteiger partial charge in [-0.2, -0.15) is 5.26 Å². The predicted octanol–water partition coefficient (Wildman–Crippen LogP) is 3.32. The van der Waals surface area contributed by atoms with E-state index in [1.54, 1.807) is 12.1 Å². The summed E-state index contributed by atoms with van der Waals surface area (Å²) >= 11 is 5.80. The number of halogens is 1. The summed E-state index contributed by atoms with van der Waals surface area (Å²) in [5.74, 6) is 0. The van der Waals surface area contributed by atoms with Crippen LogP contribution >= 0.6 is 11.6 Å². The van der Waals surface area contributed by atoms with E-state index in [1.807, 2.05) is 13.0 Å². The summed E-state index contributed by atoms with van der Waals surface area (Å²) in [6.45, 7) is 1.88. The number of sulfonamides is 1. The van der Waals surface area contributed by atoms with E-state index in [1.165, 1.54) is 30.3 Å². The fraction of sp³-hybridized carbons (Fsp3) is 0.0714. The largest absolute Gasteiger partial charge is 0.280 e. The molecule has 6 heteroatoms. The summed E-state index contributed by atoms with van der Waals surface area (Å²) in [5.41, 5.74) is 1.49. The maximum atomic E-state index is 12.2. The maximum Gasteiger partial charge on any atom is 0.261 e. The van der Waals surface area contributed by atoms with Gasteiger partial charge in [-0.25, -0.2) is 8.42 Å². The zero-order chi connectivity index (χ0) is 14.8. The van der Waals surface area contributed by atoms with Crippen molar-refractivity contribution in [2.45, 2.75) is 11.8 Å². The van der Waals surface area contributed by atoms with Crippen molar-refractivity contribution in [1.82, 2.24) is 0 Å². The van der Waals surface area contributed by atoms with E-state index in [0.717, 1.165) is 5.56 Å². The Kier molecular flexibility index (Phi) is 3.98. The van der Waals surface area contributed by atoms with Crippen LogP contribution in [0.25, 0.3) is 0 Å². The van der Waals surface area contributed by atoms with E-state index in [9.17, 15) is 8.42 Å². The third-order valence-corrected chi connectivity index (χ3v) is 4.40. The molecule has 20 heavy (non-hydrogen) atoms. The first-order valence-corrected chi connectivity index (χ1v) is 7.57. The van der Waals surface area contributed by atoms with E-state index >= 15 is 0 Å². The molecule has 0 fully saturated rings. The molecule has 0 aliphatic rings. The monoisotopic (exact) mass is 306 g/mol. The lowest BCUT2D eigenvalue weighted by Gasteiger charge is -2.09. The third kappa shape index (κ3) is 3.10. The minimum Gasteiger partial charge on any atom is -0.280 e. The van der Waals surface area contributed by atoms with E-state index in [0.29, 0.717) is 5.69 Å². The van der Waals surface area contributed by atoms with Gasteiger partial charge in [-0.3, -0.25) is 4.72 Å². The quantitative estimate of drug-likeness (QED) is 0.945. The Morgan fingerprint density at radius 3 is 2.40 bits per heavy atom. The summed E-state index contributed by atoms with van der Waals surface area (Å²) < 4.78 is 26.8. The molecule has 0 radical (unpaired) electrons. The highest BCUT2D eigenvalue weighted by atomic mass is 35.5. The Balaban J connectivity index is 2.34. The van der Waals surface area contributed by atoms with Crippen molar-refractivity contribution in [3.05, 3.63) is 58.6 Å². The molecule has 0 aliphatic carbocycles. The molecule has 0 saturated carbocycles. The van der Waals surface area contributed by atoms with Crippen LogP contribution in [0.5, 0.6) is 0 Å². The van der Waals surface area contributed by atoms with Crippen molar-refractivity contribution >= 4 is 27.3 Å². The normalized spacial score (nSPS) is 10.8. The van der Waals surface area contributed by atoms with Crippen molar-refractivity contribution in [3.8, 4) is 6.07 Å². The highest BCUT2D eigenvalue weighted by Gasteiger charge is 2.14. The van der Waals surface area contributed by atoms with Crippen LogP contribution < -0.4 is 4.72 Å². The van der Waals surface area contributed by atoms with Gasteiger partial charge in [-0.05, 0) is 37.3 Å². The average Bonchev–Trinajstić information content (AvgIpc) is 2.41. The molecule has 4 nitrogen and oxygen atoms in total. The fourth-order valence-corrected chi connectivity index (χ4v) is 2.82. The SMILES string of the molecule is Cc1ccc(S(=O)(=O)Nc2ccc(Cl)c(C#N)c2)cc1. The first-order valence-electron chi connectivity index (χ1n) is 5.71. The van der Waals surface area contributed by atoms with Crippen LogP contribution in [-0.2, 0) is 10.0 Å². The van der Waals surface area contributed by atoms with Crippen LogP contribution in [-0.4, -0.2) is 8.42 Å². The van der Waals surface area contributed by atoms with Crippen LogP contribution in [0.15, 0.2) is 47.4 Å². The first-order chi connectivity index (χ1) is 9.42. The molecule has 0 aromatic heterocycles. The zero-order valence-corrected chi connectivity index (χ0v) is 12.2. The van der Waals surface area contributed by atoms with Crippen molar-refractivity contribution in [2.24, 2.45) is 0 Å². The minimum absolute atomic E-state index is 0.163. The average molecular weight is 307 g/mol. The van der Waals surface area contributed by atoms with E-state index in [4.69, 9.17) is 16.9 Å². The number of nitrogens with one attached hydrogen (secondary N) is 1. The number of hydrogen-bond acceptors (Lipinski definition) is 3. The molecule has 0 bridgehead atoms. The molecule has 0 unspecified atom stereocenters. The molecule has 2 aromatic rings. The third-order valence-electron chi connectivity index (χ3n) is 2.67. The number of hydrogen-bond donors (Lipinski definition) is 1. The highest BCUT2D eigenvalue weighted by molar-refractivity contribution is 7.92. The molecule has 2 aromatic carbocycles. The van der Waals surface area contributed by atoms with Crippen LogP contribution in [0.2, 0.25) is 5.02 Å². The molecular formula is C14H11ClN2O2S. The van der Waals surface area contributed by atoms with Gasteiger partial charge < -0.3 is 0 Å². The second kappa shape index (κ2) is 5.53. The van der Waals surface area contributed by atoms with Crippen LogP contribution in [0, 0.1) is 18.3 Å². The molecule has 0 amide bonds. The summed E-state index contributed by atoms with van der Waals surface area (Å²) in [5, 5.41) is 9.16. The van der Waals surface area contributed by atoms with Gasteiger partial charge in [0.25, 0.3) is 10.0 Å². The Bertz CT molecular complexity index is 778. The fourth-order valence-electron chi connectivity index (χ4n) is 1.61. The number of anilines is 1. The lowest BCUT2D eigenvalue weighted by molar-refractivity contribution is 0.601. The van der Waals surface area contributed by atoms with E-state index < -0.39 is 10.0 Å². The molecular weight excluding hydrogens is 296 g/mol. The van der Waals surface area contributed by atoms with Crippen molar-refractivity contribution in [2.75, 3.05) is 4.72 Å². The second-order valence-corrected chi connectivity index (χ2v) is 6.31.